The van der Waals surface area contributed by atoms with Gasteiger partial charge in [-0.05, 0) is 49.2 Å². The maximum Gasteiger partial charge on any atom is 0.235 e. The Morgan fingerprint density at radius 1 is 1.21 bits per heavy atom. The van der Waals surface area contributed by atoms with E-state index in [2.05, 4.69) is 0 Å². The molecule has 5 heteroatoms. The molecule has 0 N–H and O–H groups in total. The fourth-order valence-corrected chi connectivity index (χ4v) is 2.71. The Hall–Kier alpha value is -2.77. The zero-order valence-corrected chi connectivity index (χ0v) is 14.0. The third kappa shape index (κ3) is 2.75. The van der Waals surface area contributed by atoms with Crippen molar-refractivity contribution in [3.05, 3.63) is 62.8 Å². The smallest absolute Gasteiger partial charge is 0.235 e. The third-order valence-electron chi connectivity index (χ3n) is 3.86. The second kappa shape index (κ2) is 6.38. The quantitative estimate of drug-likeness (QED) is 0.697. The Kier molecular flexibility index (Phi) is 4.28. The van der Waals surface area contributed by atoms with Crippen LogP contribution < -0.4 is 10.2 Å². The van der Waals surface area contributed by atoms with Crippen molar-refractivity contribution < 1.29 is 9.15 Å². The molecule has 0 saturated heterocycles. The molecule has 0 amide bonds. The summed E-state index contributed by atoms with van der Waals surface area (Å²) < 4.78 is 11.3. The number of hydrogen-bond donors (Lipinski definition) is 0. The first kappa shape index (κ1) is 16.1. The van der Waals surface area contributed by atoms with Gasteiger partial charge >= 0.3 is 0 Å². The number of nitrogens with zero attached hydrogens (tertiary/aromatic N) is 1. The molecule has 120 valence electrons. The second-order valence-corrected chi connectivity index (χ2v) is 5.86. The van der Waals surface area contributed by atoms with Gasteiger partial charge in [0, 0.05) is 5.56 Å². The predicted octanol–water partition coefficient (Wildman–Crippen LogP) is 4.63. The molecule has 4 nitrogen and oxygen atoms in total. The van der Waals surface area contributed by atoms with Crippen LogP contribution in [-0.4, -0.2) is 6.61 Å². The minimum atomic E-state index is -0.315. The lowest BCUT2D eigenvalue weighted by atomic mass is 10.0. The molecule has 0 aliphatic carbocycles. The maximum absolute atomic E-state index is 12.9. The highest BCUT2D eigenvalue weighted by molar-refractivity contribution is 6.33. The van der Waals surface area contributed by atoms with Crippen LogP contribution in [0.2, 0.25) is 5.02 Å². The Labute approximate surface area is 143 Å². The highest BCUT2D eigenvalue weighted by atomic mass is 35.5. The van der Waals surface area contributed by atoms with Gasteiger partial charge in [-0.2, -0.15) is 5.26 Å². The molecule has 0 radical (unpaired) electrons. The first-order valence-electron chi connectivity index (χ1n) is 7.35. The zero-order valence-electron chi connectivity index (χ0n) is 13.2. The predicted molar refractivity (Wildman–Crippen MR) is 93.5 cm³/mol. The van der Waals surface area contributed by atoms with Crippen molar-refractivity contribution in [2.45, 2.75) is 13.8 Å². The highest BCUT2D eigenvalue weighted by Gasteiger charge is 2.20. The summed E-state index contributed by atoms with van der Waals surface area (Å²) in [7, 11) is 0. The molecule has 0 atom stereocenters. The first-order valence-corrected chi connectivity index (χ1v) is 7.73. The van der Waals surface area contributed by atoms with Crippen molar-refractivity contribution in [2.75, 3.05) is 6.61 Å². The number of nitriles is 1. The summed E-state index contributed by atoms with van der Waals surface area (Å²) in [5.74, 6) is 0.233. The number of halogens is 1. The molecular weight excluding hydrogens is 326 g/mol. The van der Waals surface area contributed by atoms with E-state index in [-0.39, 0.29) is 23.5 Å². The average molecular weight is 340 g/mol. The number of rotatable bonds is 3. The molecule has 3 aromatic rings. The minimum Gasteiger partial charge on any atom is -0.471 e. The van der Waals surface area contributed by atoms with Gasteiger partial charge in [-0.25, -0.2) is 0 Å². The lowest BCUT2D eigenvalue weighted by Gasteiger charge is -2.12. The van der Waals surface area contributed by atoms with E-state index in [9.17, 15) is 4.79 Å². The normalized spacial score (nSPS) is 10.6. The van der Waals surface area contributed by atoms with E-state index in [1.54, 1.807) is 30.3 Å². The summed E-state index contributed by atoms with van der Waals surface area (Å²) in [4.78, 5) is 12.9. The van der Waals surface area contributed by atoms with Gasteiger partial charge in [0.25, 0.3) is 0 Å². The van der Waals surface area contributed by atoms with E-state index < -0.39 is 0 Å². The molecule has 0 aliphatic rings. The number of hydrogen-bond acceptors (Lipinski definition) is 4. The summed E-state index contributed by atoms with van der Waals surface area (Å²) in [6, 6.07) is 12.5. The molecule has 3 rings (SSSR count). The van der Waals surface area contributed by atoms with E-state index in [4.69, 9.17) is 26.0 Å². The maximum atomic E-state index is 12.9. The van der Waals surface area contributed by atoms with E-state index in [0.717, 1.165) is 11.1 Å². The summed E-state index contributed by atoms with van der Waals surface area (Å²) in [6.07, 6.45) is 0. The van der Waals surface area contributed by atoms with Crippen LogP contribution in [0.25, 0.3) is 22.3 Å². The van der Waals surface area contributed by atoms with E-state index in [0.29, 0.717) is 21.6 Å². The van der Waals surface area contributed by atoms with Crippen LogP contribution in [0.15, 0.2) is 45.6 Å². The van der Waals surface area contributed by atoms with Crippen molar-refractivity contribution in [1.29, 1.82) is 5.26 Å². The number of aryl methyl sites for hydroxylation is 2. The van der Waals surface area contributed by atoms with Gasteiger partial charge in [0.2, 0.25) is 11.2 Å². The van der Waals surface area contributed by atoms with Gasteiger partial charge in [0.1, 0.15) is 11.7 Å². The Balaban J connectivity index is 2.38. The van der Waals surface area contributed by atoms with Crippen LogP contribution in [0.4, 0.5) is 0 Å². The standard InChI is InChI=1S/C19H14ClNO3/c1-11-9-14-16(10-12(11)2)24-18(13-5-3-4-6-15(13)20)19(17(14)22)23-8-7-21/h3-6,9-10H,8H2,1-2H3. The van der Waals surface area contributed by atoms with E-state index in [1.807, 2.05) is 26.0 Å². The molecule has 24 heavy (non-hydrogen) atoms. The minimum absolute atomic E-state index is 0.000373. The van der Waals surface area contributed by atoms with Gasteiger partial charge in [-0.1, -0.05) is 23.7 Å². The Bertz CT molecular complexity index is 1030. The summed E-state index contributed by atoms with van der Waals surface area (Å²) >= 11 is 6.24. The van der Waals surface area contributed by atoms with Crippen LogP contribution in [0.3, 0.4) is 0 Å². The van der Waals surface area contributed by atoms with E-state index >= 15 is 0 Å². The molecule has 0 unspecified atom stereocenters. The molecule has 0 spiro atoms. The van der Waals surface area contributed by atoms with Gasteiger partial charge in [0.15, 0.2) is 12.4 Å². The fourth-order valence-electron chi connectivity index (χ4n) is 2.49. The summed E-state index contributed by atoms with van der Waals surface area (Å²) in [5, 5.41) is 9.65. The zero-order chi connectivity index (χ0) is 17.3. The molecule has 2 aromatic carbocycles. The lowest BCUT2D eigenvalue weighted by molar-refractivity contribution is 0.356. The SMILES string of the molecule is Cc1cc2oc(-c3ccccc3Cl)c(OCC#N)c(=O)c2cc1C. The molecular formula is C19H14ClNO3. The average Bonchev–Trinajstić information content (AvgIpc) is 2.56. The lowest BCUT2D eigenvalue weighted by Crippen LogP contribution is -2.11. The largest absolute Gasteiger partial charge is 0.471 e. The first-order chi connectivity index (χ1) is 11.5. The second-order valence-electron chi connectivity index (χ2n) is 5.45. The van der Waals surface area contributed by atoms with Crippen molar-refractivity contribution in [1.82, 2.24) is 0 Å². The summed E-state index contributed by atoms with van der Waals surface area (Å²) in [6.45, 7) is 3.62. The monoisotopic (exact) mass is 339 g/mol. The molecule has 0 bridgehead atoms. The molecule has 0 saturated carbocycles. The molecule has 1 aromatic heterocycles. The van der Waals surface area contributed by atoms with Crippen LogP contribution >= 0.6 is 11.6 Å². The Morgan fingerprint density at radius 2 is 1.92 bits per heavy atom. The highest BCUT2D eigenvalue weighted by Crippen LogP contribution is 2.35. The van der Waals surface area contributed by atoms with Gasteiger partial charge in [-0.3, -0.25) is 4.79 Å². The summed E-state index contributed by atoms with van der Waals surface area (Å²) in [5.41, 5.74) is 2.68. The topological polar surface area (TPSA) is 63.2 Å². The molecule has 1 heterocycles. The van der Waals surface area contributed by atoms with Gasteiger partial charge in [0.05, 0.1) is 10.4 Å². The van der Waals surface area contributed by atoms with Crippen LogP contribution in [0, 0.1) is 25.2 Å². The Morgan fingerprint density at radius 3 is 2.62 bits per heavy atom. The number of fused-ring (bicyclic) bond motifs is 1. The van der Waals surface area contributed by atoms with Crippen LogP contribution in [-0.2, 0) is 0 Å². The number of ether oxygens (including phenoxy) is 1. The van der Waals surface area contributed by atoms with E-state index in [1.165, 1.54) is 0 Å². The third-order valence-corrected chi connectivity index (χ3v) is 4.19. The number of benzene rings is 2. The van der Waals surface area contributed by atoms with Crippen molar-refractivity contribution in [2.24, 2.45) is 0 Å². The fraction of sp³-hybridized carbons (Fsp3) is 0.158. The van der Waals surface area contributed by atoms with Gasteiger partial charge < -0.3 is 9.15 Å². The molecule has 0 fully saturated rings. The molecule has 0 aliphatic heterocycles. The van der Waals surface area contributed by atoms with Crippen molar-refractivity contribution in [3.8, 4) is 23.1 Å². The van der Waals surface area contributed by atoms with Crippen LogP contribution in [0.1, 0.15) is 11.1 Å². The van der Waals surface area contributed by atoms with Crippen molar-refractivity contribution >= 4 is 22.6 Å². The van der Waals surface area contributed by atoms with Crippen LogP contribution in [0.5, 0.6) is 5.75 Å². The van der Waals surface area contributed by atoms with Gasteiger partial charge in [-0.15, -0.1) is 0 Å². The van der Waals surface area contributed by atoms with Crippen molar-refractivity contribution in [3.63, 3.8) is 0 Å².